The van der Waals surface area contributed by atoms with Crippen molar-refractivity contribution >= 4 is 40.8 Å². The predicted octanol–water partition coefficient (Wildman–Crippen LogP) is 6.02. The standard InChI is InChI=1S/C22H15Cl2F7N2O4/c1-9(19(35)36-2)32-18(34)12-4-3-10(5-15(12)25)16-8-20(37-33-16,22(29,30)31)11-6-13(21(26,27)28)17(24)14(23)7-11/h3-7,9H,8H2,1-2H3,(H,32,34)/t9-,20?/m0/s1. The Labute approximate surface area is 214 Å². The van der Waals surface area contributed by atoms with Gasteiger partial charge in [0.15, 0.2) is 0 Å². The van der Waals surface area contributed by atoms with Crippen LogP contribution in [0.5, 0.6) is 0 Å². The summed E-state index contributed by atoms with van der Waals surface area (Å²) < 4.78 is 102. The first-order valence-electron chi connectivity index (χ1n) is 10.1. The van der Waals surface area contributed by atoms with Crippen LogP contribution in [0.4, 0.5) is 30.7 Å². The van der Waals surface area contributed by atoms with Gasteiger partial charge in [-0.15, -0.1) is 0 Å². The lowest BCUT2D eigenvalue weighted by Crippen LogP contribution is -2.43. The van der Waals surface area contributed by atoms with Crippen LogP contribution in [0.2, 0.25) is 10.0 Å². The van der Waals surface area contributed by atoms with Gasteiger partial charge in [-0.3, -0.25) is 4.79 Å². The second-order valence-electron chi connectivity index (χ2n) is 7.86. The van der Waals surface area contributed by atoms with Gasteiger partial charge in [0.25, 0.3) is 11.5 Å². The molecular weight excluding hydrogens is 560 g/mol. The topological polar surface area (TPSA) is 77.0 Å². The van der Waals surface area contributed by atoms with E-state index in [4.69, 9.17) is 23.2 Å². The number of hydrogen-bond acceptors (Lipinski definition) is 5. The van der Waals surface area contributed by atoms with Gasteiger partial charge in [-0.05, 0) is 31.2 Å². The monoisotopic (exact) mass is 574 g/mol. The number of nitrogens with zero attached hydrogens (tertiary/aromatic N) is 1. The van der Waals surface area contributed by atoms with Crippen LogP contribution in [-0.2, 0) is 26.1 Å². The van der Waals surface area contributed by atoms with Crippen LogP contribution in [0.15, 0.2) is 35.5 Å². The maximum Gasteiger partial charge on any atom is 0.435 e. The van der Waals surface area contributed by atoms with Gasteiger partial charge in [-0.25, -0.2) is 9.18 Å². The molecule has 2 aromatic carbocycles. The summed E-state index contributed by atoms with van der Waals surface area (Å²) in [6, 6.07) is 2.32. The minimum Gasteiger partial charge on any atom is -0.467 e. The fraction of sp³-hybridized carbons (Fsp3) is 0.318. The second-order valence-corrected chi connectivity index (χ2v) is 8.65. The molecule has 1 unspecified atom stereocenters. The van der Waals surface area contributed by atoms with Crippen molar-refractivity contribution in [2.24, 2.45) is 5.16 Å². The number of esters is 1. The molecule has 1 heterocycles. The average molecular weight is 575 g/mol. The van der Waals surface area contributed by atoms with Gasteiger partial charge in [-0.1, -0.05) is 34.4 Å². The van der Waals surface area contributed by atoms with Crippen molar-refractivity contribution in [3.8, 4) is 0 Å². The third kappa shape index (κ3) is 5.47. The minimum atomic E-state index is -5.29. The van der Waals surface area contributed by atoms with Crippen LogP contribution >= 0.6 is 23.2 Å². The number of alkyl halides is 6. The van der Waals surface area contributed by atoms with Crippen molar-refractivity contribution in [1.29, 1.82) is 0 Å². The van der Waals surface area contributed by atoms with Crippen LogP contribution in [0, 0.1) is 5.82 Å². The summed E-state index contributed by atoms with van der Waals surface area (Å²) in [7, 11) is 1.08. The molecule has 37 heavy (non-hydrogen) atoms. The van der Waals surface area contributed by atoms with Crippen LogP contribution in [-0.4, -0.2) is 36.9 Å². The van der Waals surface area contributed by atoms with Crippen LogP contribution in [0.25, 0.3) is 0 Å². The zero-order valence-electron chi connectivity index (χ0n) is 18.7. The summed E-state index contributed by atoms with van der Waals surface area (Å²) in [5.74, 6) is -2.98. The molecule has 2 aromatic rings. The molecule has 3 rings (SSSR count). The lowest BCUT2D eigenvalue weighted by Gasteiger charge is -2.30. The number of oxime groups is 1. The molecule has 1 amide bonds. The summed E-state index contributed by atoms with van der Waals surface area (Å²) >= 11 is 11.2. The van der Waals surface area contributed by atoms with E-state index in [1.807, 2.05) is 0 Å². The highest BCUT2D eigenvalue weighted by atomic mass is 35.5. The third-order valence-electron chi connectivity index (χ3n) is 5.44. The van der Waals surface area contributed by atoms with Crippen LogP contribution in [0.3, 0.4) is 0 Å². The van der Waals surface area contributed by atoms with Crippen molar-refractivity contribution < 1.29 is 49.9 Å². The summed E-state index contributed by atoms with van der Waals surface area (Å²) in [4.78, 5) is 28.3. The average Bonchev–Trinajstić information content (AvgIpc) is 3.26. The maximum absolute atomic E-state index is 14.7. The Hall–Kier alpha value is -3.06. The molecule has 0 spiro atoms. The molecule has 0 saturated carbocycles. The molecule has 0 aromatic heterocycles. The third-order valence-corrected chi connectivity index (χ3v) is 6.24. The summed E-state index contributed by atoms with van der Waals surface area (Å²) in [5, 5.41) is 3.75. The molecule has 6 nitrogen and oxygen atoms in total. The number of rotatable bonds is 5. The highest BCUT2D eigenvalue weighted by Crippen LogP contribution is 2.51. The van der Waals surface area contributed by atoms with Crippen molar-refractivity contribution in [3.63, 3.8) is 0 Å². The highest BCUT2D eigenvalue weighted by molar-refractivity contribution is 6.42. The van der Waals surface area contributed by atoms with Crippen molar-refractivity contribution in [3.05, 3.63) is 68.4 Å². The molecule has 0 fully saturated rings. The lowest BCUT2D eigenvalue weighted by atomic mass is 9.85. The Balaban J connectivity index is 1.96. The number of benzene rings is 2. The van der Waals surface area contributed by atoms with E-state index in [0.717, 1.165) is 19.2 Å². The van der Waals surface area contributed by atoms with Gasteiger partial charge in [0.2, 0.25) is 0 Å². The van der Waals surface area contributed by atoms with Crippen molar-refractivity contribution in [2.75, 3.05) is 7.11 Å². The smallest absolute Gasteiger partial charge is 0.435 e. The number of carbonyl (C=O) groups excluding carboxylic acids is 2. The summed E-state index contributed by atoms with van der Waals surface area (Å²) in [6.07, 6.45) is -11.6. The molecule has 0 bridgehead atoms. The summed E-state index contributed by atoms with van der Waals surface area (Å²) in [6.45, 7) is 1.28. The molecule has 0 saturated heterocycles. The van der Waals surface area contributed by atoms with Gasteiger partial charge in [0.1, 0.15) is 11.9 Å². The van der Waals surface area contributed by atoms with Gasteiger partial charge in [0, 0.05) is 17.5 Å². The Kier molecular flexibility index (Phi) is 7.71. The molecular formula is C22H15Cl2F7N2O4. The number of carbonyl (C=O) groups is 2. The largest absolute Gasteiger partial charge is 0.467 e. The Morgan fingerprint density at radius 3 is 2.32 bits per heavy atom. The number of halogens is 9. The van der Waals surface area contributed by atoms with E-state index in [1.165, 1.54) is 6.92 Å². The maximum atomic E-state index is 14.7. The number of methoxy groups -OCH3 is 1. The van der Waals surface area contributed by atoms with Crippen molar-refractivity contribution in [2.45, 2.75) is 37.3 Å². The van der Waals surface area contributed by atoms with E-state index >= 15 is 0 Å². The first-order chi connectivity index (χ1) is 17.0. The minimum absolute atomic E-state index is 0.163. The SMILES string of the molecule is COC(=O)[C@H](C)NC(=O)c1ccc(C2=NOC(c3cc(Cl)c(Cl)c(C(F)(F)F)c3)(C(F)(F)F)C2)cc1F. The van der Waals surface area contributed by atoms with E-state index in [9.17, 15) is 40.3 Å². The lowest BCUT2D eigenvalue weighted by molar-refractivity contribution is -0.276. The fourth-order valence-electron chi connectivity index (χ4n) is 3.48. The first kappa shape index (κ1) is 28.5. The fourth-order valence-corrected chi connectivity index (χ4v) is 3.91. The number of ether oxygens (including phenoxy) is 1. The quantitative estimate of drug-likeness (QED) is 0.350. The molecule has 1 aliphatic rings. The van der Waals surface area contributed by atoms with Crippen LogP contribution in [0.1, 0.15) is 40.4 Å². The molecule has 0 radical (unpaired) electrons. The van der Waals surface area contributed by atoms with Gasteiger partial charge < -0.3 is 14.9 Å². The van der Waals surface area contributed by atoms with E-state index in [0.29, 0.717) is 12.1 Å². The molecule has 200 valence electrons. The number of amides is 1. The van der Waals surface area contributed by atoms with Crippen molar-refractivity contribution in [1.82, 2.24) is 5.32 Å². The zero-order valence-corrected chi connectivity index (χ0v) is 20.2. The first-order valence-corrected chi connectivity index (χ1v) is 10.8. The normalized spacial score (nSPS) is 18.6. The second kappa shape index (κ2) is 10.0. The molecule has 1 aliphatic heterocycles. The summed E-state index contributed by atoms with van der Waals surface area (Å²) in [5.41, 5.74) is -7.27. The van der Waals surface area contributed by atoms with Crippen LogP contribution < -0.4 is 5.32 Å². The Morgan fingerprint density at radius 2 is 1.78 bits per heavy atom. The van der Waals surface area contributed by atoms with E-state index in [2.05, 4.69) is 20.0 Å². The van der Waals surface area contributed by atoms with Gasteiger partial charge in [-0.2, -0.15) is 26.3 Å². The molecule has 1 N–H and O–H groups in total. The van der Waals surface area contributed by atoms with E-state index < -0.39 is 80.6 Å². The molecule has 15 heteroatoms. The Bertz CT molecular complexity index is 1280. The van der Waals surface area contributed by atoms with Gasteiger partial charge in [0.05, 0.1) is 34.0 Å². The Morgan fingerprint density at radius 1 is 1.14 bits per heavy atom. The van der Waals surface area contributed by atoms with Gasteiger partial charge >= 0.3 is 18.3 Å². The number of nitrogens with one attached hydrogen (secondary N) is 1. The highest BCUT2D eigenvalue weighted by Gasteiger charge is 2.63. The van der Waals surface area contributed by atoms with E-state index in [-0.39, 0.29) is 11.6 Å². The number of hydrogen-bond donors (Lipinski definition) is 1. The van der Waals surface area contributed by atoms with E-state index in [1.54, 1.807) is 0 Å². The zero-order chi connectivity index (χ0) is 27.9. The molecule has 0 aliphatic carbocycles. The molecule has 2 atom stereocenters. The predicted molar refractivity (Wildman–Crippen MR) is 117 cm³/mol.